The van der Waals surface area contributed by atoms with Crippen molar-refractivity contribution in [3.05, 3.63) is 18.7 Å². The highest BCUT2D eigenvalue weighted by atomic mass is 32.1. The topological polar surface area (TPSA) is 72.1 Å². The molecule has 1 heterocycles. The van der Waals surface area contributed by atoms with E-state index in [-0.39, 0.29) is 5.75 Å². The first-order valence-corrected chi connectivity index (χ1v) is 6.24. The smallest absolute Gasteiger partial charge is 0.321 e. The zero-order valence-electron chi connectivity index (χ0n) is 10.4. The SMILES string of the molecule is CCCC[n+]1ccn(C)c1.N[C@@H](CS)C(=O)O. The Morgan fingerprint density at radius 3 is 2.59 bits per heavy atom. The van der Waals surface area contributed by atoms with Crippen molar-refractivity contribution in [2.24, 2.45) is 12.8 Å². The summed E-state index contributed by atoms with van der Waals surface area (Å²) in [5, 5.41) is 8.01. The summed E-state index contributed by atoms with van der Waals surface area (Å²) >= 11 is 3.65. The van der Waals surface area contributed by atoms with Crippen LogP contribution in [0, 0.1) is 0 Å². The van der Waals surface area contributed by atoms with Gasteiger partial charge in [-0.1, -0.05) is 13.3 Å². The van der Waals surface area contributed by atoms with E-state index in [0.29, 0.717) is 0 Å². The summed E-state index contributed by atoms with van der Waals surface area (Å²) in [5.74, 6) is -0.815. The quantitative estimate of drug-likeness (QED) is 0.531. The normalized spacial score (nSPS) is 11.5. The van der Waals surface area contributed by atoms with E-state index in [9.17, 15) is 4.79 Å². The summed E-state index contributed by atoms with van der Waals surface area (Å²) in [6.45, 7) is 3.36. The maximum Gasteiger partial charge on any atom is 0.321 e. The van der Waals surface area contributed by atoms with E-state index in [1.165, 1.54) is 12.8 Å². The van der Waals surface area contributed by atoms with E-state index in [4.69, 9.17) is 10.8 Å². The molecule has 3 N–H and O–H groups in total. The molecule has 1 aromatic heterocycles. The maximum atomic E-state index is 9.76. The van der Waals surface area contributed by atoms with Crippen molar-refractivity contribution in [3.8, 4) is 0 Å². The molecule has 0 aliphatic rings. The van der Waals surface area contributed by atoms with Gasteiger partial charge in [0, 0.05) is 5.75 Å². The first kappa shape index (κ1) is 16.0. The Hall–Kier alpha value is -1.01. The summed E-state index contributed by atoms with van der Waals surface area (Å²) < 4.78 is 4.28. The highest BCUT2D eigenvalue weighted by Crippen LogP contribution is 1.85. The standard InChI is InChI=1S/C8H15N2.C3H7NO2S/c1-3-4-5-10-7-6-9(2)8-10;4-2(1-7)3(5)6/h6-8H,3-5H2,1-2H3;2,7H,1,4H2,(H,5,6)/q+1;/t;2-/m.0/s1. The summed E-state index contributed by atoms with van der Waals surface area (Å²) in [4.78, 5) is 9.76. The number of nitrogens with zero attached hydrogens (tertiary/aromatic N) is 2. The van der Waals surface area contributed by atoms with Crippen LogP contribution in [0.15, 0.2) is 18.7 Å². The minimum Gasteiger partial charge on any atom is -0.480 e. The Balaban J connectivity index is 0.000000325. The molecule has 0 unspecified atom stereocenters. The van der Waals surface area contributed by atoms with Crippen molar-refractivity contribution in [3.63, 3.8) is 0 Å². The van der Waals surface area contributed by atoms with Crippen LogP contribution in [0.25, 0.3) is 0 Å². The third kappa shape index (κ3) is 7.82. The first-order chi connectivity index (χ1) is 8.01. The van der Waals surface area contributed by atoms with Gasteiger partial charge >= 0.3 is 5.97 Å². The largest absolute Gasteiger partial charge is 0.480 e. The van der Waals surface area contributed by atoms with E-state index in [0.717, 1.165) is 6.54 Å². The van der Waals surface area contributed by atoms with E-state index in [1.54, 1.807) is 0 Å². The lowest BCUT2D eigenvalue weighted by molar-refractivity contribution is -0.696. The number of rotatable bonds is 5. The monoisotopic (exact) mass is 260 g/mol. The number of carboxylic acids is 1. The number of aryl methyl sites for hydroxylation is 2. The molecule has 0 saturated heterocycles. The highest BCUT2D eigenvalue weighted by molar-refractivity contribution is 7.80. The van der Waals surface area contributed by atoms with Gasteiger partial charge in [0.2, 0.25) is 6.33 Å². The van der Waals surface area contributed by atoms with Crippen molar-refractivity contribution < 1.29 is 14.5 Å². The van der Waals surface area contributed by atoms with Gasteiger partial charge in [-0.05, 0) is 6.42 Å². The van der Waals surface area contributed by atoms with Crippen LogP contribution in [0.2, 0.25) is 0 Å². The number of thiol groups is 1. The lowest BCUT2D eigenvalue weighted by Crippen LogP contribution is -2.31. The van der Waals surface area contributed by atoms with Gasteiger partial charge in [0.05, 0.1) is 13.6 Å². The lowest BCUT2D eigenvalue weighted by atomic mass is 10.3. The Morgan fingerprint density at radius 2 is 2.29 bits per heavy atom. The minimum absolute atomic E-state index is 0.190. The van der Waals surface area contributed by atoms with Crippen molar-refractivity contribution in [2.75, 3.05) is 5.75 Å². The predicted molar refractivity (Wildman–Crippen MR) is 70.0 cm³/mol. The van der Waals surface area contributed by atoms with Crippen LogP contribution < -0.4 is 10.3 Å². The second kappa shape index (κ2) is 9.07. The minimum atomic E-state index is -1.00. The molecule has 0 spiro atoms. The van der Waals surface area contributed by atoms with E-state index >= 15 is 0 Å². The maximum absolute atomic E-state index is 9.76. The van der Waals surface area contributed by atoms with Crippen molar-refractivity contribution >= 4 is 18.6 Å². The number of carboxylic acid groups (broad SMARTS) is 1. The van der Waals surface area contributed by atoms with Gasteiger partial charge in [-0.25, -0.2) is 9.13 Å². The van der Waals surface area contributed by atoms with Gasteiger partial charge in [-0.15, -0.1) is 0 Å². The molecule has 0 bridgehead atoms. The van der Waals surface area contributed by atoms with E-state index in [2.05, 4.69) is 47.4 Å². The van der Waals surface area contributed by atoms with Crippen LogP contribution in [0.4, 0.5) is 0 Å². The number of aromatic nitrogens is 2. The average molecular weight is 260 g/mol. The molecule has 1 rings (SSSR count). The summed E-state index contributed by atoms with van der Waals surface area (Å²) in [7, 11) is 2.04. The van der Waals surface area contributed by atoms with Crippen LogP contribution >= 0.6 is 12.6 Å². The van der Waals surface area contributed by atoms with Crippen molar-refractivity contribution in [1.29, 1.82) is 0 Å². The Kier molecular flexibility index (Phi) is 8.53. The number of hydrogen-bond acceptors (Lipinski definition) is 3. The van der Waals surface area contributed by atoms with Crippen LogP contribution in [0.1, 0.15) is 19.8 Å². The van der Waals surface area contributed by atoms with Crippen LogP contribution in [0.3, 0.4) is 0 Å². The summed E-state index contributed by atoms with van der Waals surface area (Å²) in [6.07, 6.45) is 8.82. The predicted octanol–water partition coefficient (Wildman–Crippen LogP) is 0.441. The molecule has 5 nitrogen and oxygen atoms in total. The Morgan fingerprint density at radius 1 is 1.65 bits per heavy atom. The Bertz CT molecular complexity index is 328. The molecule has 0 aliphatic heterocycles. The molecule has 0 aromatic carbocycles. The van der Waals surface area contributed by atoms with Gasteiger partial charge < -0.3 is 10.8 Å². The molecule has 1 atom stereocenters. The van der Waals surface area contributed by atoms with E-state index in [1.807, 2.05) is 7.05 Å². The van der Waals surface area contributed by atoms with Crippen LogP contribution in [0.5, 0.6) is 0 Å². The molecule has 98 valence electrons. The van der Waals surface area contributed by atoms with Gasteiger partial charge in [-0.2, -0.15) is 12.6 Å². The van der Waals surface area contributed by atoms with Crippen molar-refractivity contribution in [2.45, 2.75) is 32.4 Å². The number of carbonyl (C=O) groups is 1. The van der Waals surface area contributed by atoms with Crippen LogP contribution in [-0.2, 0) is 18.4 Å². The Labute approximate surface area is 108 Å². The third-order valence-electron chi connectivity index (χ3n) is 2.11. The molecule has 0 saturated carbocycles. The molecule has 0 aliphatic carbocycles. The number of aliphatic carboxylic acids is 1. The molecule has 0 amide bonds. The second-order valence-electron chi connectivity index (χ2n) is 3.80. The molecule has 0 radical (unpaired) electrons. The highest BCUT2D eigenvalue weighted by Gasteiger charge is 2.06. The first-order valence-electron chi connectivity index (χ1n) is 5.61. The second-order valence-corrected chi connectivity index (χ2v) is 4.16. The van der Waals surface area contributed by atoms with Crippen molar-refractivity contribution in [1.82, 2.24) is 4.57 Å². The summed E-state index contributed by atoms with van der Waals surface area (Å²) in [5.41, 5.74) is 4.94. The zero-order chi connectivity index (χ0) is 13.3. The van der Waals surface area contributed by atoms with Gasteiger partial charge in [-0.3, -0.25) is 4.79 Å². The van der Waals surface area contributed by atoms with Gasteiger partial charge in [0.1, 0.15) is 18.4 Å². The molecule has 6 heteroatoms. The average Bonchev–Trinajstić information content (AvgIpc) is 2.72. The lowest BCUT2D eigenvalue weighted by Gasteiger charge is -1.96. The fourth-order valence-corrected chi connectivity index (χ4v) is 1.21. The zero-order valence-corrected chi connectivity index (χ0v) is 11.3. The molecule has 17 heavy (non-hydrogen) atoms. The van der Waals surface area contributed by atoms with Gasteiger partial charge in [0.25, 0.3) is 0 Å². The number of nitrogens with two attached hydrogens (primary N) is 1. The fourth-order valence-electron chi connectivity index (χ4n) is 1.05. The fraction of sp³-hybridized carbons (Fsp3) is 0.636. The van der Waals surface area contributed by atoms with Gasteiger partial charge in [0.15, 0.2) is 0 Å². The van der Waals surface area contributed by atoms with E-state index < -0.39 is 12.0 Å². The molecule has 1 aromatic rings. The number of unbranched alkanes of at least 4 members (excludes halogenated alkanes) is 1. The number of hydrogen-bond donors (Lipinski definition) is 3. The third-order valence-corrected chi connectivity index (χ3v) is 2.50. The molecular formula is C11H22N3O2S+. The molecular weight excluding hydrogens is 238 g/mol. The number of imidazole rings is 1. The summed E-state index contributed by atoms with van der Waals surface area (Å²) in [6, 6.07) is -0.816. The molecule has 0 fully saturated rings. The van der Waals surface area contributed by atoms with Crippen LogP contribution in [-0.4, -0.2) is 27.4 Å².